The van der Waals surface area contributed by atoms with Gasteiger partial charge in [0, 0.05) is 11.4 Å². The van der Waals surface area contributed by atoms with Crippen LogP contribution in [0.2, 0.25) is 0 Å². The molecule has 0 fully saturated rings. The van der Waals surface area contributed by atoms with E-state index >= 15 is 0 Å². The number of hydrogen-bond donors (Lipinski definition) is 1. The van der Waals surface area contributed by atoms with Crippen molar-refractivity contribution in [3.63, 3.8) is 0 Å². The highest BCUT2D eigenvalue weighted by molar-refractivity contribution is 5.93. The van der Waals surface area contributed by atoms with Crippen LogP contribution in [0.5, 0.6) is 0 Å². The predicted octanol–water partition coefficient (Wildman–Crippen LogP) is 4.83. The Morgan fingerprint density at radius 2 is 1.84 bits per heavy atom. The van der Waals surface area contributed by atoms with Gasteiger partial charge in [-0.05, 0) is 55.9 Å². The van der Waals surface area contributed by atoms with E-state index in [1.165, 1.54) is 11.1 Å². The highest BCUT2D eigenvalue weighted by Crippen LogP contribution is 2.30. The van der Waals surface area contributed by atoms with Crippen LogP contribution in [-0.4, -0.2) is 23.1 Å². The van der Waals surface area contributed by atoms with Crippen LogP contribution in [-0.2, 0) is 22.5 Å². The quantitative estimate of drug-likeness (QED) is 0.585. The maximum atomic E-state index is 13.1. The normalized spacial score (nSPS) is 15.2. The fraction of sp³-hybridized carbons (Fsp3) is 0.308. The minimum absolute atomic E-state index is 0.0259. The molecule has 2 aromatic carbocycles. The number of esters is 1. The average molecular weight is 417 g/mol. The second-order valence-electron chi connectivity index (χ2n) is 7.91. The molecule has 1 heterocycles. The van der Waals surface area contributed by atoms with Gasteiger partial charge in [-0.1, -0.05) is 54.6 Å². The summed E-state index contributed by atoms with van der Waals surface area (Å²) in [4.78, 5) is 25.5. The first-order valence-corrected chi connectivity index (χ1v) is 10.9. The van der Waals surface area contributed by atoms with Crippen LogP contribution in [0.1, 0.15) is 53.0 Å². The van der Waals surface area contributed by atoms with Crippen LogP contribution in [0.4, 0.5) is 0 Å². The molecule has 1 aliphatic carbocycles. The lowest BCUT2D eigenvalue weighted by Crippen LogP contribution is -2.33. The van der Waals surface area contributed by atoms with E-state index in [0.717, 1.165) is 36.2 Å². The predicted molar refractivity (Wildman–Crippen MR) is 121 cm³/mol. The third-order valence-corrected chi connectivity index (χ3v) is 5.94. The molecule has 0 spiro atoms. The number of nitrogens with one attached hydrogen (secondary N) is 1. The smallest absolute Gasteiger partial charge is 0.339 e. The van der Waals surface area contributed by atoms with Crippen molar-refractivity contribution in [2.45, 2.75) is 45.7 Å². The first-order chi connectivity index (χ1) is 15.1. The molecule has 1 aromatic heterocycles. The first kappa shape index (κ1) is 20.9. The van der Waals surface area contributed by atoms with E-state index in [4.69, 9.17) is 4.74 Å². The number of hydrogen-bond acceptors (Lipinski definition) is 3. The van der Waals surface area contributed by atoms with Crippen molar-refractivity contribution >= 4 is 11.9 Å². The summed E-state index contributed by atoms with van der Waals surface area (Å²) in [6.45, 7) is 4.11. The van der Waals surface area contributed by atoms with Gasteiger partial charge >= 0.3 is 5.97 Å². The van der Waals surface area contributed by atoms with E-state index in [1.54, 1.807) is 6.92 Å². The Morgan fingerprint density at radius 3 is 2.61 bits per heavy atom. The van der Waals surface area contributed by atoms with Gasteiger partial charge in [-0.15, -0.1) is 0 Å². The Labute approximate surface area is 183 Å². The van der Waals surface area contributed by atoms with E-state index in [0.29, 0.717) is 12.2 Å². The van der Waals surface area contributed by atoms with Crippen LogP contribution >= 0.6 is 0 Å². The van der Waals surface area contributed by atoms with Crippen molar-refractivity contribution in [3.8, 4) is 11.3 Å². The fourth-order valence-electron chi connectivity index (χ4n) is 4.40. The number of fused-ring (bicyclic) bond motifs is 1. The first-order valence-electron chi connectivity index (χ1n) is 10.9. The van der Waals surface area contributed by atoms with Crippen LogP contribution in [0.3, 0.4) is 0 Å². The average Bonchev–Trinajstić information content (AvgIpc) is 3.11. The molecule has 0 saturated heterocycles. The van der Waals surface area contributed by atoms with Gasteiger partial charge in [0.25, 0.3) is 0 Å². The van der Waals surface area contributed by atoms with Gasteiger partial charge in [-0.25, -0.2) is 4.79 Å². The van der Waals surface area contributed by atoms with Gasteiger partial charge in [0.15, 0.2) is 0 Å². The summed E-state index contributed by atoms with van der Waals surface area (Å²) in [5, 5.41) is 3.22. The Balaban J connectivity index is 1.61. The van der Waals surface area contributed by atoms with Gasteiger partial charge in [-0.2, -0.15) is 0 Å². The second-order valence-corrected chi connectivity index (χ2v) is 7.91. The van der Waals surface area contributed by atoms with E-state index < -0.39 is 0 Å². The minimum Gasteiger partial charge on any atom is -0.462 e. The highest BCUT2D eigenvalue weighted by atomic mass is 16.5. The molecule has 0 radical (unpaired) electrons. The van der Waals surface area contributed by atoms with Crippen LogP contribution in [0.15, 0.2) is 60.7 Å². The molecular weight excluding hydrogens is 388 g/mol. The van der Waals surface area contributed by atoms with Crippen molar-refractivity contribution in [1.29, 1.82) is 0 Å². The maximum absolute atomic E-state index is 13.1. The van der Waals surface area contributed by atoms with Gasteiger partial charge in [0.1, 0.15) is 6.54 Å². The lowest BCUT2D eigenvalue weighted by molar-refractivity contribution is -0.122. The molecule has 1 amide bonds. The third kappa shape index (κ3) is 4.41. The summed E-state index contributed by atoms with van der Waals surface area (Å²) in [5.41, 5.74) is 5.54. The summed E-state index contributed by atoms with van der Waals surface area (Å²) in [6.07, 6.45) is 3.06. The molecule has 1 aliphatic rings. The molecule has 31 heavy (non-hydrogen) atoms. The van der Waals surface area contributed by atoms with Crippen LogP contribution in [0.25, 0.3) is 11.3 Å². The molecule has 5 nitrogen and oxygen atoms in total. The Hall–Kier alpha value is -3.34. The number of aryl methyl sites for hydroxylation is 1. The molecule has 5 heteroatoms. The number of ether oxygens (including phenoxy) is 1. The summed E-state index contributed by atoms with van der Waals surface area (Å²) in [7, 11) is 0. The second kappa shape index (κ2) is 9.21. The van der Waals surface area contributed by atoms with Crippen LogP contribution in [0, 0.1) is 6.92 Å². The van der Waals surface area contributed by atoms with Gasteiger partial charge in [0.2, 0.25) is 5.91 Å². The molecule has 1 N–H and O–H groups in total. The summed E-state index contributed by atoms with van der Waals surface area (Å²) in [6, 6.07) is 20.0. The fourth-order valence-corrected chi connectivity index (χ4v) is 4.40. The van der Waals surface area contributed by atoms with Crippen molar-refractivity contribution in [2.24, 2.45) is 0 Å². The number of benzene rings is 2. The number of aromatic nitrogens is 1. The molecule has 0 saturated carbocycles. The monoisotopic (exact) mass is 416 g/mol. The summed E-state index contributed by atoms with van der Waals surface area (Å²) < 4.78 is 7.13. The van der Waals surface area contributed by atoms with Crippen molar-refractivity contribution in [2.75, 3.05) is 6.61 Å². The summed E-state index contributed by atoms with van der Waals surface area (Å²) in [5.74, 6) is -0.425. The van der Waals surface area contributed by atoms with E-state index in [1.807, 2.05) is 54.0 Å². The standard InChI is InChI=1S/C26H28N2O3/c1-3-31-26(30)22-16-24(20-11-5-4-6-12-20)28(18(22)2)17-25(29)27-23-15-9-13-19-10-7-8-14-21(19)23/h4-8,10-12,14,16,23H,3,9,13,15,17H2,1-2H3,(H,27,29)/t23-/m0/s1. The number of carbonyl (C=O) groups is 2. The third-order valence-electron chi connectivity index (χ3n) is 5.94. The molecule has 0 bridgehead atoms. The lowest BCUT2D eigenvalue weighted by Gasteiger charge is -2.26. The van der Waals surface area contributed by atoms with Crippen LogP contribution < -0.4 is 5.32 Å². The topological polar surface area (TPSA) is 60.3 Å². The van der Waals surface area contributed by atoms with E-state index in [-0.39, 0.29) is 24.5 Å². The Kier molecular flexibility index (Phi) is 6.21. The highest BCUT2D eigenvalue weighted by Gasteiger charge is 2.24. The molecule has 0 aliphatic heterocycles. The molecule has 4 rings (SSSR count). The molecule has 160 valence electrons. The van der Waals surface area contributed by atoms with Crippen molar-refractivity contribution < 1.29 is 14.3 Å². The molecule has 1 atom stereocenters. The van der Waals surface area contributed by atoms with Gasteiger partial charge < -0.3 is 14.6 Å². The van der Waals surface area contributed by atoms with Crippen molar-refractivity contribution in [1.82, 2.24) is 9.88 Å². The largest absolute Gasteiger partial charge is 0.462 e. The zero-order valence-electron chi connectivity index (χ0n) is 18.1. The molecule has 0 unspecified atom stereocenters. The summed E-state index contributed by atoms with van der Waals surface area (Å²) >= 11 is 0. The number of carbonyl (C=O) groups excluding carboxylic acids is 2. The zero-order valence-corrected chi connectivity index (χ0v) is 18.1. The SMILES string of the molecule is CCOC(=O)c1cc(-c2ccccc2)n(CC(=O)N[C@H]2CCCc3ccccc32)c1C. The Bertz CT molecular complexity index is 1090. The number of amides is 1. The van der Waals surface area contributed by atoms with Gasteiger partial charge in [-0.3, -0.25) is 4.79 Å². The zero-order chi connectivity index (χ0) is 21.8. The van der Waals surface area contributed by atoms with E-state index in [9.17, 15) is 9.59 Å². The Morgan fingerprint density at radius 1 is 1.10 bits per heavy atom. The minimum atomic E-state index is -0.363. The maximum Gasteiger partial charge on any atom is 0.339 e. The van der Waals surface area contributed by atoms with Crippen molar-refractivity contribution in [3.05, 3.63) is 83.0 Å². The van der Waals surface area contributed by atoms with E-state index in [2.05, 4.69) is 23.5 Å². The lowest BCUT2D eigenvalue weighted by atomic mass is 9.88. The number of nitrogens with zero attached hydrogens (tertiary/aromatic N) is 1. The van der Waals surface area contributed by atoms with Gasteiger partial charge in [0.05, 0.1) is 18.2 Å². The number of rotatable bonds is 6. The molecular formula is C26H28N2O3. The molecule has 3 aromatic rings.